The lowest BCUT2D eigenvalue weighted by Crippen LogP contribution is -2.38. The van der Waals surface area contributed by atoms with Gasteiger partial charge in [0.1, 0.15) is 19.8 Å². The van der Waals surface area contributed by atoms with E-state index in [0.717, 1.165) is 23.1 Å². The number of ether oxygens (including phenoxy) is 3. The van der Waals surface area contributed by atoms with Gasteiger partial charge in [-0.25, -0.2) is 9.59 Å². The van der Waals surface area contributed by atoms with E-state index in [-0.39, 0.29) is 38.3 Å². The summed E-state index contributed by atoms with van der Waals surface area (Å²) >= 11 is 0. The largest absolute Gasteiger partial charge is 0.461 e. The molecule has 3 aromatic rings. The number of hydrogen-bond acceptors (Lipinski definition) is 6. The molecule has 2 amide bonds. The van der Waals surface area contributed by atoms with Crippen LogP contribution < -0.4 is 0 Å². The Bertz CT molecular complexity index is 1170. The predicted molar refractivity (Wildman–Crippen MR) is 157 cm³/mol. The molecule has 218 valence electrons. The van der Waals surface area contributed by atoms with Crippen molar-refractivity contribution < 1.29 is 28.6 Å². The summed E-state index contributed by atoms with van der Waals surface area (Å²) in [5.74, 6) is -0.318. The second-order valence-corrected chi connectivity index (χ2v) is 9.66. The standard InChI is InChI=1S/C33H40N2O6/c1-2-21-34(32(37)40-26-29-16-8-4-9-17-29)23-13-24-35(33(38)41-27-30-18-10-5-11-19-30)22-12-20-31(36)39-25-28-14-6-3-7-15-28/h3-11,14-19H,2,12-13,20-27H2,1H3. The lowest BCUT2D eigenvalue weighted by atomic mass is 10.2. The van der Waals surface area contributed by atoms with Crippen LogP contribution in [0, 0.1) is 0 Å². The zero-order valence-electron chi connectivity index (χ0n) is 23.8. The van der Waals surface area contributed by atoms with E-state index in [4.69, 9.17) is 14.2 Å². The van der Waals surface area contributed by atoms with Gasteiger partial charge < -0.3 is 24.0 Å². The fourth-order valence-corrected chi connectivity index (χ4v) is 4.16. The van der Waals surface area contributed by atoms with Gasteiger partial charge in [0.15, 0.2) is 0 Å². The van der Waals surface area contributed by atoms with E-state index in [1.165, 1.54) is 0 Å². The zero-order valence-corrected chi connectivity index (χ0v) is 23.8. The molecule has 0 spiro atoms. The van der Waals surface area contributed by atoms with Crippen LogP contribution in [0.15, 0.2) is 91.0 Å². The predicted octanol–water partition coefficient (Wildman–Crippen LogP) is 6.59. The van der Waals surface area contributed by atoms with Gasteiger partial charge in [0.05, 0.1) is 0 Å². The number of carbonyl (C=O) groups is 3. The number of hydrogen-bond donors (Lipinski definition) is 0. The first-order valence-electron chi connectivity index (χ1n) is 14.2. The quantitative estimate of drug-likeness (QED) is 0.145. The fourth-order valence-electron chi connectivity index (χ4n) is 4.16. The minimum atomic E-state index is -0.458. The molecule has 0 aromatic heterocycles. The third kappa shape index (κ3) is 12.2. The van der Waals surface area contributed by atoms with Gasteiger partial charge in [-0.15, -0.1) is 0 Å². The van der Waals surface area contributed by atoms with Crippen molar-refractivity contribution in [3.8, 4) is 0 Å². The monoisotopic (exact) mass is 560 g/mol. The van der Waals surface area contributed by atoms with Crippen LogP contribution in [-0.2, 0) is 38.8 Å². The van der Waals surface area contributed by atoms with Gasteiger partial charge in [0.2, 0.25) is 0 Å². The van der Waals surface area contributed by atoms with Crippen molar-refractivity contribution in [1.29, 1.82) is 0 Å². The lowest BCUT2D eigenvalue weighted by molar-refractivity contribution is -0.145. The van der Waals surface area contributed by atoms with Crippen LogP contribution in [0.2, 0.25) is 0 Å². The highest BCUT2D eigenvalue weighted by Crippen LogP contribution is 2.09. The van der Waals surface area contributed by atoms with Crippen LogP contribution in [-0.4, -0.2) is 54.1 Å². The maximum Gasteiger partial charge on any atom is 0.410 e. The van der Waals surface area contributed by atoms with Crippen molar-refractivity contribution in [3.63, 3.8) is 0 Å². The maximum absolute atomic E-state index is 13.0. The zero-order chi connectivity index (χ0) is 29.1. The lowest BCUT2D eigenvalue weighted by Gasteiger charge is -2.25. The van der Waals surface area contributed by atoms with E-state index in [1.807, 2.05) is 97.9 Å². The molecule has 0 saturated carbocycles. The summed E-state index contributed by atoms with van der Waals surface area (Å²) in [4.78, 5) is 41.2. The van der Waals surface area contributed by atoms with Crippen molar-refractivity contribution in [2.75, 3.05) is 26.2 Å². The molecule has 41 heavy (non-hydrogen) atoms. The van der Waals surface area contributed by atoms with Crippen LogP contribution in [0.1, 0.15) is 49.3 Å². The average Bonchev–Trinajstić information content (AvgIpc) is 3.01. The maximum atomic E-state index is 13.0. The fraction of sp³-hybridized carbons (Fsp3) is 0.364. The van der Waals surface area contributed by atoms with Gasteiger partial charge in [-0.2, -0.15) is 0 Å². The molecule has 0 radical (unpaired) electrons. The van der Waals surface area contributed by atoms with Crippen molar-refractivity contribution >= 4 is 18.2 Å². The molecule has 0 saturated heterocycles. The number of nitrogens with zero attached hydrogens (tertiary/aromatic N) is 2. The van der Waals surface area contributed by atoms with Crippen molar-refractivity contribution in [3.05, 3.63) is 108 Å². The first-order chi connectivity index (χ1) is 20.0. The normalized spacial score (nSPS) is 10.5. The Labute approximate surface area is 242 Å². The molecule has 8 nitrogen and oxygen atoms in total. The van der Waals surface area contributed by atoms with Gasteiger partial charge in [-0.05, 0) is 36.0 Å². The molecule has 0 atom stereocenters. The van der Waals surface area contributed by atoms with E-state index >= 15 is 0 Å². The van der Waals surface area contributed by atoms with E-state index < -0.39 is 6.09 Å². The highest BCUT2D eigenvalue weighted by atomic mass is 16.6. The minimum absolute atomic E-state index is 0.156. The molecular weight excluding hydrogens is 520 g/mol. The molecule has 3 aromatic carbocycles. The summed E-state index contributed by atoms with van der Waals surface area (Å²) in [6.07, 6.45) is 1.11. The number of esters is 1. The van der Waals surface area contributed by atoms with Crippen LogP contribution in [0.25, 0.3) is 0 Å². The molecule has 0 fully saturated rings. The van der Waals surface area contributed by atoms with Crippen molar-refractivity contribution in [2.24, 2.45) is 0 Å². The Morgan fingerprint density at radius 2 is 0.927 bits per heavy atom. The first-order valence-corrected chi connectivity index (χ1v) is 14.2. The van der Waals surface area contributed by atoms with Gasteiger partial charge in [0, 0.05) is 32.6 Å². The molecule has 0 heterocycles. The van der Waals surface area contributed by atoms with Crippen LogP contribution in [0.5, 0.6) is 0 Å². The third-order valence-corrected chi connectivity index (χ3v) is 6.33. The summed E-state index contributed by atoms with van der Waals surface area (Å²) in [5.41, 5.74) is 2.73. The molecule has 0 aliphatic rings. The number of amides is 2. The smallest absolute Gasteiger partial charge is 0.410 e. The SMILES string of the molecule is CCCN(CCCN(CCCC(=O)OCc1ccccc1)C(=O)OCc1ccccc1)C(=O)OCc1ccccc1. The number of rotatable bonds is 16. The second-order valence-electron chi connectivity index (χ2n) is 9.66. The Morgan fingerprint density at radius 3 is 1.37 bits per heavy atom. The molecule has 8 heteroatoms. The molecule has 0 aliphatic carbocycles. The van der Waals surface area contributed by atoms with E-state index in [9.17, 15) is 14.4 Å². The van der Waals surface area contributed by atoms with Gasteiger partial charge >= 0.3 is 18.2 Å². The highest BCUT2D eigenvalue weighted by molar-refractivity contribution is 5.70. The Hall–Kier alpha value is -4.33. The van der Waals surface area contributed by atoms with Crippen LogP contribution in [0.3, 0.4) is 0 Å². The summed E-state index contributed by atoms with van der Waals surface area (Å²) in [7, 11) is 0. The Kier molecular flexibility index (Phi) is 13.8. The Morgan fingerprint density at radius 1 is 0.537 bits per heavy atom. The molecule has 3 rings (SSSR count). The first kappa shape index (κ1) is 31.2. The Balaban J connectivity index is 1.49. The molecule has 0 N–H and O–H groups in total. The van der Waals surface area contributed by atoms with Crippen LogP contribution in [0.4, 0.5) is 9.59 Å². The van der Waals surface area contributed by atoms with E-state index in [2.05, 4.69) is 0 Å². The summed E-state index contributed by atoms with van der Waals surface area (Å²) in [5, 5.41) is 0. The van der Waals surface area contributed by atoms with Gasteiger partial charge in [-0.1, -0.05) is 97.9 Å². The number of carbonyl (C=O) groups excluding carboxylic acids is 3. The molecule has 0 aliphatic heterocycles. The van der Waals surface area contributed by atoms with E-state index in [1.54, 1.807) is 9.80 Å². The topological polar surface area (TPSA) is 85.4 Å². The van der Waals surface area contributed by atoms with Gasteiger partial charge in [0.25, 0.3) is 0 Å². The summed E-state index contributed by atoms with van der Waals surface area (Å²) in [6, 6.07) is 28.5. The molecule has 0 bridgehead atoms. The summed E-state index contributed by atoms with van der Waals surface area (Å²) in [6.45, 7) is 4.28. The van der Waals surface area contributed by atoms with Crippen LogP contribution >= 0.6 is 0 Å². The van der Waals surface area contributed by atoms with Crippen molar-refractivity contribution in [2.45, 2.75) is 52.4 Å². The third-order valence-electron chi connectivity index (χ3n) is 6.33. The summed E-state index contributed by atoms with van der Waals surface area (Å²) < 4.78 is 16.4. The number of benzene rings is 3. The van der Waals surface area contributed by atoms with Crippen molar-refractivity contribution in [1.82, 2.24) is 9.80 Å². The minimum Gasteiger partial charge on any atom is -0.461 e. The second kappa shape index (κ2) is 18.1. The molecule has 0 unspecified atom stereocenters. The average molecular weight is 561 g/mol. The highest BCUT2D eigenvalue weighted by Gasteiger charge is 2.19. The van der Waals surface area contributed by atoms with Gasteiger partial charge in [-0.3, -0.25) is 4.79 Å². The van der Waals surface area contributed by atoms with E-state index in [0.29, 0.717) is 39.0 Å². The molecular formula is C33H40N2O6.